The van der Waals surface area contributed by atoms with Gasteiger partial charge in [0.2, 0.25) is 0 Å². The van der Waals surface area contributed by atoms with E-state index in [1.165, 1.54) is 32.1 Å². The predicted octanol–water partition coefficient (Wildman–Crippen LogP) is 5.54. The zero-order valence-corrected chi connectivity index (χ0v) is 14.1. The van der Waals surface area contributed by atoms with Gasteiger partial charge in [-0.25, -0.2) is 0 Å². The van der Waals surface area contributed by atoms with Gasteiger partial charge >= 0.3 is 0 Å². The monoisotopic (exact) mass is 244 g/mol. The Morgan fingerprint density at radius 3 is 1.53 bits per heavy atom. The van der Waals surface area contributed by atoms with E-state index < -0.39 is 16.1 Å². The second-order valence-corrected chi connectivity index (χ2v) is 18.6. The lowest BCUT2D eigenvalue weighted by Crippen LogP contribution is -2.43. The number of hydrogen-bond acceptors (Lipinski definition) is 0. The molecule has 15 heavy (non-hydrogen) atoms. The Labute approximate surface area is 99.9 Å². The van der Waals surface area contributed by atoms with Gasteiger partial charge in [-0.3, -0.25) is 0 Å². The molecule has 0 N–H and O–H groups in total. The van der Waals surface area contributed by atoms with Crippen LogP contribution in [-0.4, -0.2) is 16.1 Å². The van der Waals surface area contributed by atoms with E-state index in [1.807, 2.05) is 0 Å². The third-order valence-electron chi connectivity index (χ3n) is 3.44. The van der Waals surface area contributed by atoms with Gasteiger partial charge in [0.1, 0.15) is 0 Å². The maximum Gasteiger partial charge on any atom is 0.0447 e. The summed E-state index contributed by atoms with van der Waals surface area (Å²) in [6.07, 6.45) is 7.26. The lowest BCUT2D eigenvalue weighted by Gasteiger charge is -2.38. The first-order chi connectivity index (χ1) is 6.69. The van der Waals surface area contributed by atoms with Gasteiger partial charge in [0.05, 0.1) is 0 Å². The van der Waals surface area contributed by atoms with E-state index in [1.54, 1.807) is 0 Å². The van der Waals surface area contributed by atoms with Crippen LogP contribution in [0.3, 0.4) is 0 Å². The molecule has 0 saturated carbocycles. The molecule has 0 atom stereocenters. The van der Waals surface area contributed by atoms with Crippen molar-refractivity contribution in [3.05, 3.63) is 0 Å². The molecule has 0 radical (unpaired) electrons. The smallest absolute Gasteiger partial charge is 0.0447 e. The fraction of sp³-hybridized carbons (Fsp3) is 1.00. The first kappa shape index (κ1) is 15.4. The lowest BCUT2D eigenvalue weighted by atomic mass is 10.2. The molecule has 0 heterocycles. The van der Waals surface area contributed by atoms with Crippen LogP contribution in [0, 0.1) is 0 Å². The van der Waals surface area contributed by atoms with Gasteiger partial charge in [0.15, 0.2) is 0 Å². The fourth-order valence-electron chi connectivity index (χ4n) is 2.94. The highest BCUT2D eigenvalue weighted by Gasteiger charge is 2.36. The lowest BCUT2D eigenvalue weighted by molar-refractivity contribution is 0.638. The van der Waals surface area contributed by atoms with Crippen LogP contribution in [0.1, 0.15) is 39.0 Å². The van der Waals surface area contributed by atoms with Gasteiger partial charge in [0.25, 0.3) is 0 Å². The Morgan fingerprint density at radius 2 is 1.20 bits per heavy atom. The van der Waals surface area contributed by atoms with Gasteiger partial charge < -0.3 is 0 Å². The Hall–Kier alpha value is 0.434. The van der Waals surface area contributed by atoms with Crippen LogP contribution in [0.4, 0.5) is 0 Å². The van der Waals surface area contributed by atoms with E-state index >= 15 is 0 Å². The zero-order valence-electron chi connectivity index (χ0n) is 12.1. The van der Waals surface area contributed by atoms with Crippen molar-refractivity contribution in [2.75, 3.05) is 0 Å². The van der Waals surface area contributed by atoms with Gasteiger partial charge in [-0.1, -0.05) is 83.5 Å². The summed E-state index contributed by atoms with van der Waals surface area (Å²) >= 11 is 0. The standard InChI is InChI=1S/C13H32Si2/c1-8-9-10-11-12-13(14(2,3)4)15(5,6)7/h13H,8-12H2,1-7H3. The van der Waals surface area contributed by atoms with Crippen LogP contribution < -0.4 is 0 Å². The molecule has 0 rings (SSSR count). The summed E-state index contributed by atoms with van der Waals surface area (Å²) in [7, 11) is -1.84. The van der Waals surface area contributed by atoms with Gasteiger partial charge in [-0.05, 0) is 0 Å². The van der Waals surface area contributed by atoms with Gasteiger partial charge in [-0.2, -0.15) is 0 Å². The predicted molar refractivity (Wildman–Crippen MR) is 79.2 cm³/mol. The summed E-state index contributed by atoms with van der Waals surface area (Å²) in [6, 6.07) is 0. The average molecular weight is 245 g/mol. The van der Waals surface area contributed by atoms with E-state index in [-0.39, 0.29) is 0 Å². The van der Waals surface area contributed by atoms with Gasteiger partial charge in [0, 0.05) is 16.1 Å². The zero-order chi connectivity index (χ0) is 12.1. The normalized spacial score (nSPS) is 13.6. The summed E-state index contributed by atoms with van der Waals surface area (Å²) in [4.78, 5) is 0. The maximum atomic E-state index is 2.57. The van der Waals surface area contributed by atoms with Crippen molar-refractivity contribution in [1.29, 1.82) is 0 Å². The topological polar surface area (TPSA) is 0 Å². The SMILES string of the molecule is CCCCCCC([Si](C)(C)C)[Si](C)(C)C. The Bertz CT molecular complexity index is 148. The number of hydrogen-bond donors (Lipinski definition) is 0. The van der Waals surface area contributed by atoms with Crippen molar-refractivity contribution in [2.45, 2.75) is 83.5 Å². The average Bonchev–Trinajstić information content (AvgIpc) is 1.99. The molecule has 2 heteroatoms. The van der Waals surface area contributed by atoms with Crippen molar-refractivity contribution >= 4 is 16.1 Å². The molecule has 0 amide bonds. The van der Waals surface area contributed by atoms with E-state index in [0.29, 0.717) is 0 Å². The van der Waals surface area contributed by atoms with E-state index in [0.717, 1.165) is 5.16 Å². The van der Waals surface area contributed by atoms with Crippen molar-refractivity contribution in [3.8, 4) is 0 Å². The molecule has 0 aromatic carbocycles. The molecule has 0 unspecified atom stereocenters. The third-order valence-corrected chi connectivity index (χ3v) is 13.4. The van der Waals surface area contributed by atoms with Crippen LogP contribution in [0.25, 0.3) is 0 Å². The molecule has 0 bridgehead atoms. The van der Waals surface area contributed by atoms with E-state index in [2.05, 4.69) is 46.2 Å². The Balaban J connectivity index is 4.17. The summed E-state index contributed by atoms with van der Waals surface area (Å²) in [5.41, 5.74) is 0. The molecular formula is C13H32Si2. The van der Waals surface area contributed by atoms with Crippen LogP contribution in [0.5, 0.6) is 0 Å². The van der Waals surface area contributed by atoms with Crippen molar-refractivity contribution in [1.82, 2.24) is 0 Å². The van der Waals surface area contributed by atoms with Crippen molar-refractivity contribution in [2.24, 2.45) is 0 Å². The van der Waals surface area contributed by atoms with E-state index in [9.17, 15) is 0 Å². The largest absolute Gasteiger partial charge is 0.0696 e. The van der Waals surface area contributed by atoms with Crippen molar-refractivity contribution in [3.63, 3.8) is 0 Å². The molecule has 0 nitrogen and oxygen atoms in total. The second-order valence-electron chi connectivity index (χ2n) is 7.13. The number of unbranched alkanes of at least 4 members (excludes halogenated alkanes) is 3. The molecule has 0 aliphatic heterocycles. The minimum atomic E-state index is -0.921. The summed E-state index contributed by atoms with van der Waals surface area (Å²) in [6.45, 7) is 17.7. The van der Waals surface area contributed by atoms with Crippen LogP contribution >= 0.6 is 0 Å². The highest BCUT2D eigenvalue weighted by atomic mass is 28.4. The molecule has 0 spiro atoms. The minimum absolute atomic E-state index is 0.921. The van der Waals surface area contributed by atoms with Crippen LogP contribution in [0.2, 0.25) is 44.4 Å². The molecule has 0 aliphatic carbocycles. The van der Waals surface area contributed by atoms with Gasteiger partial charge in [-0.15, -0.1) is 0 Å². The maximum absolute atomic E-state index is 2.57. The third kappa shape index (κ3) is 6.57. The number of rotatable bonds is 7. The summed E-state index contributed by atoms with van der Waals surface area (Å²) < 4.78 is 0. The fourth-order valence-corrected chi connectivity index (χ4v) is 15.5. The highest BCUT2D eigenvalue weighted by Crippen LogP contribution is 2.36. The highest BCUT2D eigenvalue weighted by molar-refractivity contribution is 6.96. The van der Waals surface area contributed by atoms with Crippen LogP contribution in [-0.2, 0) is 0 Å². The summed E-state index contributed by atoms with van der Waals surface area (Å²) in [5, 5.41) is 1.11. The Kier molecular flexibility index (Phi) is 6.42. The quantitative estimate of drug-likeness (QED) is 0.407. The molecule has 0 aromatic heterocycles. The molecule has 92 valence electrons. The van der Waals surface area contributed by atoms with Crippen molar-refractivity contribution < 1.29 is 0 Å². The second kappa shape index (κ2) is 6.24. The van der Waals surface area contributed by atoms with E-state index in [4.69, 9.17) is 0 Å². The molecule has 0 aromatic rings. The first-order valence-electron chi connectivity index (χ1n) is 6.69. The Morgan fingerprint density at radius 1 is 0.733 bits per heavy atom. The van der Waals surface area contributed by atoms with Crippen LogP contribution in [0.15, 0.2) is 0 Å². The summed E-state index contributed by atoms with van der Waals surface area (Å²) in [5.74, 6) is 0. The molecular weight excluding hydrogens is 212 g/mol. The molecule has 0 fully saturated rings. The minimum Gasteiger partial charge on any atom is -0.0696 e. The first-order valence-corrected chi connectivity index (χ1v) is 13.8. The molecule has 0 aliphatic rings. The molecule has 0 saturated heterocycles.